The average molecular weight is 561 g/mol. The maximum Gasteiger partial charge on any atom is 0.335 e. The molecule has 3 saturated carbocycles. The maximum atomic E-state index is 11.5. The van der Waals surface area contributed by atoms with E-state index >= 15 is 0 Å². The van der Waals surface area contributed by atoms with E-state index in [-0.39, 0.29) is 6.10 Å². The second-order valence-corrected chi connectivity index (χ2v) is 13.7. The lowest BCUT2D eigenvalue weighted by Gasteiger charge is -2.44. The lowest BCUT2D eigenvalue weighted by Crippen LogP contribution is -2.60. The number of hydrogen-bond acceptors (Lipinski definition) is 6. The molecule has 0 spiro atoms. The van der Waals surface area contributed by atoms with Crippen LogP contribution < -0.4 is 0 Å². The number of allylic oxidation sites excluding steroid dienone is 4. The van der Waals surface area contributed by atoms with Crippen molar-refractivity contribution in [1.29, 1.82) is 0 Å². The minimum atomic E-state index is -1.72. The van der Waals surface area contributed by atoms with Crippen LogP contribution in [0.2, 0.25) is 0 Å². The van der Waals surface area contributed by atoms with Crippen LogP contribution in [-0.2, 0) is 14.3 Å². The fraction of sp³-hybridized carbons (Fsp3) is 0.788. The van der Waals surface area contributed by atoms with Gasteiger partial charge in [-0.15, -0.1) is 0 Å². The number of aliphatic carboxylic acids is 1. The summed E-state index contributed by atoms with van der Waals surface area (Å²) in [7, 11) is 0. The summed E-state index contributed by atoms with van der Waals surface area (Å²) in [6.45, 7) is 13.9. The van der Waals surface area contributed by atoms with Gasteiger partial charge in [-0.25, -0.2) is 4.79 Å². The van der Waals surface area contributed by atoms with Crippen molar-refractivity contribution in [2.75, 3.05) is 0 Å². The van der Waals surface area contributed by atoms with E-state index in [0.717, 1.165) is 41.7 Å². The number of carboxylic acid groups (broad SMARTS) is 1. The van der Waals surface area contributed by atoms with E-state index in [2.05, 4.69) is 46.4 Å². The Morgan fingerprint density at radius 3 is 2.52 bits per heavy atom. The Kier molecular flexibility index (Phi) is 10.4. The van der Waals surface area contributed by atoms with Gasteiger partial charge in [-0.1, -0.05) is 76.8 Å². The zero-order valence-corrected chi connectivity index (χ0v) is 24.9. The van der Waals surface area contributed by atoms with Gasteiger partial charge in [0.1, 0.15) is 18.3 Å². The first kappa shape index (κ1) is 31.4. The number of aliphatic hydroxyl groups is 3. The monoisotopic (exact) mass is 560 g/mol. The van der Waals surface area contributed by atoms with E-state index < -0.39 is 36.7 Å². The zero-order valence-electron chi connectivity index (χ0n) is 24.9. The fourth-order valence-electron chi connectivity index (χ4n) is 8.11. The third-order valence-electron chi connectivity index (χ3n) is 10.5. The molecule has 0 radical (unpaired) electrons. The van der Waals surface area contributed by atoms with Crippen LogP contribution in [0.3, 0.4) is 0 Å². The van der Waals surface area contributed by atoms with Crippen molar-refractivity contribution in [3.05, 3.63) is 35.5 Å². The third-order valence-corrected chi connectivity index (χ3v) is 10.5. The van der Waals surface area contributed by atoms with Crippen LogP contribution in [0.1, 0.15) is 98.3 Å². The molecule has 0 aromatic rings. The van der Waals surface area contributed by atoms with E-state index in [1.807, 2.05) is 0 Å². The van der Waals surface area contributed by atoms with Crippen LogP contribution in [0.25, 0.3) is 0 Å². The maximum absolute atomic E-state index is 11.5. The average Bonchev–Trinajstić information content (AvgIpc) is 3.26. The van der Waals surface area contributed by atoms with Crippen LogP contribution in [0.5, 0.6) is 0 Å². The minimum Gasteiger partial charge on any atom is -0.479 e. The number of fused-ring (bicyclic) bond motifs is 1. The molecule has 0 amide bonds. The molecule has 4 aliphatic rings. The first-order chi connectivity index (χ1) is 18.9. The molecule has 4 rings (SSSR count). The first-order valence-corrected chi connectivity index (χ1v) is 15.6. The molecule has 1 heterocycles. The van der Waals surface area contributed by atoms with Crippen molar-refractivity contribution in [2.24, 2.45) is 29.1 Å². The summed E-state index contributed by atoms with van der Waals surface area (Å²) in [5, 5.41) is 39.8. The molecular weight excluding hydrogens is 508 g/mol. The SMILES string of the molecule is C=C1CCC(O[C@@H]2O[C@H](C(=O)O)[C@@H](O)[C@H](O)[C@H]2O)C/C1=C\C=C1/CCC[C@@]2(C)C1CC[C@@H]2[C@H](C)CCCC(C)C. The summed E-state index contributed by atoms with van der Waals surface area (Å²) >= 11 is 0. The molecule has 0 aromatic carbocycles. The van der Waals surface area contributed by atoms with Gasteiger partial charge in [0.2, 0.25) is 0 Å². The highest BCUT2D eigenvalue weighted by Crippen LogP contribution is 2.60. The molecule has 1 aliphatic heterocycles. The van der Waals surface area contributed by atoms with Crippen molar-refractivity contribution < 1.29 is 34.7 Å². The molecule has 7 nitrogen and oxygen atoms in total. The number of hydrogen-bond donors (Lipinski definition) is 4. The van der Waals surface area contributed by atoms with E-state index in [1.165, 1.54) is 44.9 Å². The van der Waals surface area contributed by atoms with Crippen molar-refractivity contribution in [1.82, 2.24) is 0 Å². The van der Waals surface area contributed by atoms with Crippen molar-refractivity contribution in [2.45, 2.75) is 135 Å². The van der Waals surface area contributed by atoms with E-state index in [4.69, 9.17) is 9.47 Å². The summed E-state index contributed by atoms with van der Waals surface area (Å²) in [5.74, 6) is 1.55. The molecule has 3 aliphatic carbocycles. The molecule has 226 valence electrons. The zero-order chi connectivity index (χ0) is 29.2. The van der Waals surface area contributed by atoms with Crippen LogP contribution in [0, 0.1) is 29.1 Å². The van der Waals surface area contributed by atoms with Crippen LogP contribution in [0.4, 0.5) is 0 Å². The summed E-state index contributed by atoms with van der Waals surface area (Å²) < 4.78 is 11.3. The minimum absolute atomic E-state index is 0.314. The van der Waals surface area contributed by atoms with Gasteiger partial charge in [-0.2, -0.15) is 0 Å². The number of carboxylic acids is 1. The number of carbonyl (C=O) groups is 1. The van der Waals surface area contributed by atoms with Gasteiger partial charge >= 0.3 is 5.97 Å². The van der Waals surface area contributed by atoms with E-state index in [9.17, 15) is 25.2 Å². The highest BCUT2D eigenvalue weighted by molar-refractivity contribution is 5.73. The van der Waals surface area contributed by atoms with Crippen LogP contribution in [0.15, 0.2) is 35.5 Å². The Morgan fingerprint density at radius 1 is 1.07 bits per heavy atom. The third kappa shape index (κ3) is 6.75. The summed E-state index contributed by atoms with van der Waals surface area (Å²) in [6, 6.07) is 0. The van der Waals surface area contributed by atoms with Gasteiger partial charge in [-0.05, 0) is 86.0 Å². The molecule has 0 bridgehead atoms. The van der Waals surface area contributed by atoms with Crippen molar-refractivity contribution in [3.8, 4) is 0 Å². The lowest BCUT2D eigenvalue weighted by atomic mass is 9.60. The molecular formula is C33H52O7. The standard InChI is InChI=1S/C33H52O7/c1-19(2)8-6-9-21(4)25-15-16-26-22(10-7-17-33(25,26)5)12-13-23-18-24(14-11-20(23)3)39-32-29(36)27(34)28(35)30(40-32)31(37)38/h12-13,19,21,24-30,32,34-36H,3,6-11,14-18H2,1-2,4-5H3,(H,37,38)/b22-12+,23-13+/t21-,24?,25-,26?,27+,28+,29-,30+,32-,33-/m1/s1. The molecule has 40 heavy (non-hydrogen) atoms. The summed E-state index contributed by atoms with van der Waals surface area (Å²) in [4.78, 5) is 11.5. The topological polar surface area (TPSA) is 116 Å². The Hall–Kier alpha value is -1.51. The molecule has 1 saturated heterocycles. The Bertz CT molecular complexity index is 970. The van der Waals surface area contributed by atoms with Gasteiger partial charge in [0, 0.05) is 0 Å². The Morgan fingerprint density at radius 2 is 1.82 bits per heavy atom. The van der Waals surface area contributed by atoms with Gasteiger partial charge in [-0.3, -0.25) is 0 Å². The normalized spacial score (nSPS) is 41.5. The van der Waals surface area contributed by atoms with E-state index in [1.54, 1.807) is 5.57 Å². The molecule has 10 atom stereocenters. The van der Waals surface area contributed by atoms with E-state index in [0.29, 0.717) is 24.2 Å². The second kappa shape index (κ2) is 13.2. The molecule has 0 aromatic heterocycles. The first-order valence-electron chi connectivity index (χ1n) is 15.6. The van der Waals surface area contributed by atoms with Crippen molar-refractivity contribution in [3.63, 3.8) is 0 Å². The predicted octanol–water partition coefficient (Wildman–Crippen LogP) is 5.54. The van der Waals surface area contributed by atoms with Crippen LogP contribution >= 0.6 is 0 Å². The summed E-state index contributed by atoms with van der Waals surface area (Å²) in [5.41, 5.74) is 4.10. The van der Waals surface area contributed by atoms with Crippen LogP contribution in [-0.4, -0.2) is 63.2 Å². The molecule has 4 fully saturated rings. The predicted molar refractivity (Wildman–Crippen MR) is 154 cm³/mol. The Labute approximate surface area is 240 Å². The molecule has 4 N–H and O–H groups in total. The molecule has 7 heteroatoms. The highest BCUT2D eigenvalue weighted by Gasteiger charge is 2.51. The fourth-order valence-corrected chi connectivity index (χ4v) is 8.11. The van der Waals surface area contributed by atoms with Gasteiger partial charge in [0.25, 0.3) is 0 Å². The second-order valence-electron chi connectivity index (χ2n) is 13.7. The van der Waals surface area contributed by atoms with Gasteiger partial charge in [0.05, 0.1) is 6.10 Å². The van der Waals surface area contributed by atoms with Gasteiger partial charge in [0.15, 0.2) is 12.4 Å². The highest BCUT2D eigenvalue weighted by atomic mass is 16.7. The molecule has 2 unspecified atom stereocenters. The number of rotatable bonds is 9. The lowest BCUT2D eigenvalue weighted by molar-refractivity contribution is -0.304. The smallest absolute Gasteiger partial charge is 0.335 e. The number of aliphatic hydroxyl groups excluding tert-OH is 3. The van der Waals surface area contributed by atoms with Crippen molar-refractivity contribution >= 4 is 5.97 Å². The summed E-state index contributed by atoms with van der Waals surface area (Å²) in [6.07, 6.45) is 8.55. The Balaban J connectivity index is 1.42. The largest absolute Gasteiger partial charge is 0.479 e. The quantitative estimate of drug-likeness (QED) is 0.293. The van der Waals surface area contributed by atoms with Gasteiger partial charge < -0.3 is 29.9 Å². The number of ether oxygens (including phenoxy) is 2.